The van der Waals surface area contributed by atoms with Crippen LogP contribution in [0.3, 0.4) is 0 Å². The zero-order valence-electron chi connectivity index (χ0n) is 14.5. The van der Waals surface area contributed by atoms with Gasteiger partial charge in [-0.15, -0.1) is 0 Å². The van der Waals surface area contributed by atoms with Gasteiger partial charge in [0.1, 0.15) is 23.5 Å². The zero-order valence-corrected chi connectivity index (χ0v) is 14.5. The minimum Gasteiger partial charge on any atom is -0.508 e. The zero-order chi connectivity index (χ0) is 18.3. The van der Waals surface area contributed by atoms with Gasteiger partial charge in [-0.3, -0.25) is 4.79 Å². The summed E-state index contributed by atoms with van der Waals surface area (Å²) in [5, 5.41) is 13.5. The number of carbonyl (C=O) groups is 1. The fourth-order valence-electron chi connectivity index (χ4n) is 3.66. The second-order valence-corrected chi connectivity index (χ2v) is 6.89. The molecule has 0 aliphatic heterocycles. The van der Waals surface area contributed by atoms with Crippen LogP contribution in [0.5, 0.6) is 5.75 Å². The Kier molecular flexibility index (Phi) is 3.99. The van der Waals surface area contributed by atoms with Crippen molar-refractivity contribution in [2.75, 3.05) is 12.3 Å². The predicted molar refractivity (Wildman–Crippen MR) is 99.5 cm³/mol. The summed E-state index contributed by atoms with van der Waals surface area (Å²) in [5.74, 6) is 1.12. The van der Waals surface area contributed by atoms with E-state index < -0.39 is 0 Å². The van der Waals surface area contributed by atoms with Crippen molar-refractivity contribution in [3.05, 3.63) is 36.8 Å². The Morgan fingerprint density at radius 3 is 2.92 bits per heavy atom. The van der Waals surface area contributed by atoms with Crippen molar-refractivity contribution in [1.82, 2.24) is 19.9 Å². The van der Waals surface area contributed by atoms with E-state index >= 15 is 0 Å². The average Bonchev–Trinajstić information content (AvgIpc) is 2.94. The smallest absolute Gasteiger partial charge is 0.216 e. The van der Waals surface area contributed by atoms with E-state index in [2.05, 4.69) is 19.9 Å². The highest BCUT2D eigenvalue weighted by atomic mass is 16.3. The molecule has 0 bridgehead atoms. The van der Waals surface area contributed by atoms with E-state index in [4.69, 9.17) is 5.73 Å². The van der Waals surface area contributed by atoms with Crippen LogP contribution in [0.25, 0.3) is 22.2 Å². The van der Waals surface area contributed by atoms with Crippen LogP contribution in [0, 0.1) is 5.92 Å². The highest BCUT2D eigenvalue weighted by Gasteiger charge is 2.32. The molecule has 7 heteroatoms. The summed E-state index contributed by atoms with van der Waals surface area (Å²) in [6.45, 7) is 2.25. The van der Waals surface area contributed by atoms with Gasteiger partial charge in [0.2, 0.25) is 5.91 Å². The van der Waals surface area contributed by atoms with Crippen LogP contribution in [-0.2, 0) is 4.79 Å². The number of phenols is 1. The number of nitrogen functional groups attached to an aromatic ring is 1. The molecule has 1 aromatic carbocycles. The number of nitrogens with two attached hydrogens (primary N) is 1. The number of rotatable bonds is 4. The SMILES string of the molecule is CC(=O)NC[C@H]1C[C@H](n2cc(-c3cccc(O)c3)c3c(N)ncnc32)C1. The fourth-order valence-corrected chi connectivity index (χ4v) is 3.66. The lowest BCUT2D eigenvalue weighted by molar-refractivity contribution is -0.119. The van der Waals surface area contributed by atoms with E-state index in [1.54, 1.807) is 18.2 Å². The third-order valence-electron chi connectivity index (χ3n) is 5.04. The first-order valence-electron chi connectivity index (χ1n) is 8.67. The van der Waals surface area contributed by atoms with Crippen LogP contribution < -0.4 is 11.1 Å². The molecule has 1 aliphatic rings. The molecule has 134 valence electrons. The molecule has 2 heterocycles. The monoisotopic (exact) mass is 351 g/mol. The van der Waals surface area contributed by atoms with Crippen LogP contribution in [0.1, 0.15) is 25.8 Å². The van der Waals surface area contributed by atoms with Gasteiger partial charge in [0, 0.05) is 31.3 Å². The molecule has 4 N–H and O–H groups in total. The van der Waals surface area contributed by atoms with Gasteiger partial charge in [0.05, 0.1) is 5.39 Å². The van der Waals surface area contributed by atoms with Crippen molar-refractivity contribution in [2.45, 2.75) is 25.8 Å². The number of fused-ring (bicyclic) bond motifs is 1. The molecule has 0 atom stereocenters. The Morgan fingerprint density at radius 1 is 1.38 bits per heavy atom. The van der Waals surface area contributed by atoms with Crippen molar-refractivity contribution in [3.8, 4) is 16.9 Å². The quantitative estimate of drug-likeness (QED) is 0.669. The first kappa shape index (κ1) is 16.4. The van der Waals surface area contributed by atoms with Crippen LogP contribution in [0.2, 0.25) is 0 Å². The molecular formula is C19H21N5O2. The van der Waals surface area contributed by atoms with E-state index in [1.807, 2.05) is 12.3 Å². The number of nitrogens with zero attached hydrogens (tertiary/aromatic N) is 3. The largest absolute Gasteiger partial charge is 0.508 e. The molecule has 0 saturated heterocycles. The minimum atomic E-state index is 0.00606. The molecule has 0 spiro atoms. The molecular weight excluding hydrogens is 330 g/mol. The lowest BCUT2D eigenvalue weighted by Gasteiger charge is -2.36. The van der Waals surface area contributed by atoms with Crippen molar-refractivity contribution in [3.63, 3.8) is 0 Å². The third kappa shape index (κ3) is 2.85. The number of carbonyl (C=O) groups excluding carboxylic acids is 1. The van der Waals surface area contributed by atoms with E-state index in [-0.39, 0.29) is 11.7 Å². The maximum absolute atomic E-state index is 11.1. The molecule has 1 aliphatic carbocycles. The summed E-state index contributed by atoms with van der Waals surface area (Å²) in [5.41, 5.74) is 8.74. The Hall–Kier alpha value is -3.09. The van der Waals surface area contributed by atoms with Gasteiger partial charge in [0.25, 0.3) is 0 Å². The predicted octanol–water partition coefficient (Wildman–Crippen LogP) is 2.47. The summed E-state index contributed by atoms with van der Waals surface area (Å²) < 4.78 is 2.15. The van der Waals surface area contributed by atoms with Gasteiger partial charge < -0.3 is 20.7 Å². The van der Waals surface area contributed by atoms with Gasteiger partial charge in [-0.25, -0.2) is 9.97 Å². The molecule has 7 nitrogen and oxygen atoms in total. The van der Waals surface area contributed by atoms with Crippen LogP contribution in [0.4, 0.5) is 5.82 Å². The number of amides is 1. The summed E-state index contributed by atoms with van der Waals surface area (Å²) in [4.78, 5) is 19.7. The van der Waals surface area contributed by atoms with Crippen molar-refractivity contribution < 1.29 is 9.90 Å². The molecule has 3 aromatic rings. The van der Waals surface area contributed by atoms with E-state index in [0.717, 1.165) is 35.0 Å². The normalized spacial score (nSPS) is 19.3. The minimum absolute atomic E-state index is 0.00606. The molecule has 0 radical (unpaired) electrons. The second kappa shape index (κ2) is 6.33. The first-order chi connectivity index (χ1) is 12.5. The summed E-state index contributed by atoms with van der Waals surface area (Å²) >= 11 is 0. The third-order valence-corrected chi connectivity index (χ3v) is 5.04. The average molecular weight is 351 g/mol. The van der Waals surface area contributed by atoms with Gasteiger partial charge in [-0.1, -0.05) is 12.1 Å². The highest BCUT2D eigenvalue weighted by Crippen LogP contribution is 2.42. The lowest BCUT2D eigenvalue weighted by atomic mass is 9.80. The summed E-state index contributed by atoms with van der Waals surface area (Å²) in [6.07, 6.45) is 5.48. The topological polar surface area (TPSA) is 106 Å². The Balaban J connectivity index is 1.69. The number of anilines is 1. The molecule has 0 unspecified atom stereocenters. The Labute approximate surface area is 150 Å². The number of hydrogen-bond donors (Lipinski definition) is 3. The molecule has 1 saturated carbocycles. The Bertz CT molecular complexity index is 975. The van der Waals surface area contributed by atoms with Crippen LogP contribution in [-0.4, -0.2) is 32.1 Å². The molecule has 1 fully saturated rings. The summed E-state index contributed by atoms with van der Waals surface area (Å²) in [6, 6.07) is 7.41. The summed E-state index contributed by atoms with van der Waals surface area (Å²) in [7, 11) is 0. The fraction of sp³-hybridized carbons (Fsp3) is 0.316. The highest BCUT2D eigenvalue weighted by molar-refractivity contribution is 6.00. The number of nitrogens with one attached hydrogen (secondary N) is 1. The lowest BCUT2D eigenvalue weighted by Crippen LogP contribution is -2.36. The van der Waals surface area contributed by atoms with Crippen LogP contribution in [0.15, 0.2) is 36.8 Å². The van der Waals surface area contributed by atoms with Crippen molar-refractivity contribution in [2.24, 2.45) is 5.92 Å². The van der Waals surface area contributed by atoms with Gasteiger partial charge in [-0.05, 0) is 36.5 Å². The number of phenolic OH excluding ortho intramolecular Hbond substituents is 1. The van der Waals surface area contributed by atoms with E-state index in [1.165, 1.54) is 13.3 Å². The number of aromatic hydroxyl groups is 1. The van der Waals surface area contributed by atoms with Crippen LogP contribution >= 0.6 is 0 Å². The van der Waals surface area contributed by atoms with Gasteiger partial charge >= 0.3 is 0 Å². The number of benzene rings is 1. The molecule has 4 rings (SSSR count). The molecule has 2 aromatic heterocycles. The van der Waals surface area contributed by atoms with Crippen molar-refractivity contribution in [1.29, 1.82) is 0 Å². The standard InChI is InChI=1S/C19H21N5O2/c1-11(25)21-8-12-5-14(6-12)24-9-16(13-3-2-4-15(26)7-13)17-18(20)22-10-23-19(17)24/h2-4,7,9-10,12,14,26H,5-6,8H2,1H3,(H,21,25)(H2,20,22,23)/t12-,14-. The molecule has 26 heavy (non-hydrogen) atoms. The van der Waals surface area contributed by atoms with Gasteiger partial charge in [0.15, 0.2) is 0 Å². The number of hydrogen-bond acceptors (Lipinski definition) is 5. The Morgan fingerprint density at radius 2 is 2.19 bits per heavy atom. The maximum atomic E-state index is 11.1. The van der Waals surface area contributed by atoms with E-state index in [0.29, 0.717) is 24.3 Å². The van der Waals surface area contributed by atoms with Gasteiger partial charge in [-0.2, -0.15) is 0 Å². The molecule has 1 amide bonds. The second-order valence-electron chi connectivity index (χ2n) is 6.89. The number of aromatic nitrogens is 3. The van der Waals surface area contributed by atoms with E-state index in [9.17, 15) is 9.90 Å². The maximum Gasteiger partial charge on any atom is 0.216 e. The first-order valence-corrected chi connectivity index (χ1v) is 8.67. The van der Waals surface area contributed by atoms with Crippen molar-refractivity contribution >= 4 is 22.8 Å².